The van der Waals surface area contributed by atoms with Gasteiger partial charge in [-0.1, -0.05) is 5.16 Å². The zero-order chi connectivity index (χ0) is 11.7. The van der Waals surface area contributed by atoms with Crippen LogP contribution in [0.1, 0.15) is 11.6 Å². The van der Waals surface area contributed by atoms with Crippen molar-refractivity contribution in [2.24, 2.45) is 0 Å². The van der Waals surface area contributed by atoms with E-state index < -0.39 is 0 Å². The number of imidazole rings is 1. The van der Waals surface area contributed by atoms with Crippen molar-refractivity contribution in [3.8, 4) is 0 Å². The molecule has 0 saturated carbocycles. The predicted molar refractivity (Wildman–Crippen MR) is 60.5 cm³/mol. The molecule has 0 unspecified atom stereocenters. The molecule has 3 heterocycles. The van der Waals surface area contributed by atoms with E-state index >= 15 is 0 Å². The molecular formula is C10H8ClN5O. The Kier molecular flexibility index (Phi) is 2.49. The Bertz CT molecular complexity index is 633. The highest BCUT2D eigenvalue weighted by Gasteiger charge is 2.12. The highest BCUT2D eigenvalue weighted by atomic mass is 35.5. The van der Waals surface area contributed by atoms with Crippen molar-refractivity contribution in [3.63, 3.8) is 0 Å². The molecule has 0 aromatic carbocycles. The minimum absolute atomic E-state index is 0.314. The van der Waals surface area contributed by atoms with E-state index in [1.807, 2.05) is 16.7 Å². The van der Waals surface area contributed by atoms with Crippen molar-refractivity contribution in [1.82, 2.24) is 24.7 Å². The molecule has 0 saturated heterocycles. The van der Waals surface area contributed by atoms with Crippen LogP contribution >= 0.6 is 11.6 Å². The Labute approximate surface area is 101 Å². The molecule has 17 heavy (non-hydrogen) atoms. The number of hydrogen-bond acceptors (Lipinski definition) is 5. The molecule has 7 heteroatoms. The standard InChI is InChI=1S/C10H8ClN5O/c11-4-9-14-7-2-1-3-12-10(7)16(9)5-8-13-6-17-15-8/h1-3,6H,4-5H2. The summed E-state index contributed by atoms with van der Waals surface area (Å²) in [6, 6.07) is 3.73. The lowest BCUT2D eigenvalue weighted by molar-refractivity contribution is 0.408. The molecule has 0 radical (unpaired) electrons. The van der Waals surface area contributed by atoms with Gasteiger partial charge in [-0.25, -0.2) is 9.97 Å². The Morgan fingerprint density at radius 3 is 3.06 bits per heavy atom. The van der Waals surface area contributed by atoms with Crippen LogP contribution in [-0.4, -0.2) is 24.7 Å². The number of alkyl halides is 1. The maximum absolute atomic E-state index is 5.87. The first-order valence-electron chi connectivity index (χ1n) is 5.00. The van der Waals surface area contributed by atoms with Crippen LogP contribution in [0.5, 0.6) is 0 Å². The zero-order valence-corrected chi connectivity index (χ0v) is 9.50. The molecule has 0 amide bonds. The summed E-state index contributed by atoms with van der Waals surface area (Å²) >= 11 is 5.87. The molecule has 0 aliphatic rings. The number of rotatable bonds is 3. The number of pyridine rings is 1. The number of fused-ring (bicyclic) bond motifs is 1. The summed E-state index contributed by atoms with van der Waals surface area (Å²) in [5.41, 5.74) is 1.58. The van der Waals surface area contributed by atoms with E-state index in [1.54, 1.807) is 6.20 Å². The molecule has 3 aromatic heterocycles. The molecule has 0 atom stereocenters. The van der Waals surface area contributed by atoms with E-state index in [9.17, 15) is 0 Å². The summed E-state index contributed by atoms with van der Waals surface area (Å²) in [6.07, 6.45) is 3.01. The highest BCUT2D eigenvalue weighted by molar-refractivity contribution is 6.16. The van der Waals surface area contributed by atoms with Gasteiger partial charge in [0, 0.05) is 6.20 Å². The van der Waals surface area contributed by atoms with Crippen LogP contribution in [0.2, 0.25) is 0 Å². The molecule has 86 valence electrons. The molecule has 0 fully saturated rings. The second-order valence-corrected chi connectivity index (χ2v) is 3.71. The molecule has 0 aliphatic heterocycles. The largest absolute Gasteiger partial charge is 0.343 e. The highest BCUT2D eigenvalue weighted by Crippen LogP contribution is 2.15. The third kappa shape index (κ3) is 1.76. The van der Waals surface area contributed by atoms with Crippen LogP contribution in [0.15, 0.2) is 29.2 Å². The van der Waals surface area contributed by atoms with Gasteiger partial charge in [0.2, 0.25) is 6.39 Å². The minimum atomic E-state index is 0.314. The average molecular weight is 250 g/mol. The average Bonchev–Trinajstić information content (AvgIpc) is 2.98. The van der Waals surface area contributed by atoms with E-state index in [0.717, 1.165) is 17.0 Å². The lowest BCUT2D eigenvalue weighted by Gasteiger charge is -2.02. The van der Waals surface area contributed by atoms with Gasteiger partial charge in [0.15, 0.2) is 11.5 Å². The molecule has 0 spiro atoms. The van der Waals surface area contributed by atoms with Gasteiger partial charge in [0.25, 0.3) is 0 Å². The maximum Gasteiger partial charge on any atom is 0.213 e. The van der Waals surface area contributed by atoms with Crippen molar-refractivity contribution < 1.29 is 4.52 Å². The molecule has 3 rings (SSSR count). The lowest BCUT2D eigenvalue weighted by atomic mass is 10.4. The zero-order valence-electron chi connectivity index (χ0n) is 8.75. The van der Waals surface area contributed by atoms with E-state index in [4.69, 9.17) is 16.1 Å². The summed E-state index contributed by atoms with van der Waals surface area (Å²) < 4.78 is 6.58. The Morgan fingerprint density at radius 1 is 1.35 bits per heavy atom. The fourth-order valence-electron chi connectivity index (χ4n) is 1.68. The Morgan fingerprint density at radius 2 is 2.29 bits per heavy atom. The fourth-order valence-corrected chi connectivity index (χ4v) is 1.88. The van der Waals surface area contributed by atoms with Crippen molar-refractivity contribution in [2.45, 2.75) is 12.4 Å². The monoisotopic (exact) mass is 249 g/mol. The molecule has 0 bridgehead atoms. The van der Waals surface area contributed by atoms with E-state index in [-0.39, 0.29) is 0 Å². The first-order valence-corrected chi connectivity index (χ1v) is 5.53. The van der Waals surface area contributed by atoms with Gasteiger partial charge in [-0.2, -0.15) is 4.98 Å². The summed E-state index contributed by atoms with van der Waals surface area (Å²) in [4.78, 5) is 12.7. The summed E-state index contributed by atoms with van der Waals surface area (Å²) in [5.74, 6) is 1.63. The number of halogens is 1. The molecule has 6 nitrogen and oxygen atoms in total. The van der Waals surface area contributed by atoms with Crippen LogP contribution < -0.4 is 0 Å². The molecule has 0 N–H and O–H groups in total. The molecule has 0 aliphatic carbocycles. The third-order valence-electron chi connectivity index (χ3n) is 2.41. The van der Waals surface area contributed by atoms with Gasteiger partial charge in [-0.05, 0) is 12.1 Å². The second kappa shape index (κ2) is 4.14. The van der Waals surface area contributed by atoms with E-state index in [1.165, 1.54) is 6.39 Å². The summed E-state index contributed by atoms with van der Waals surface area (Å²) in [6.45, 7) is 0.450. The van der Waals surface area contributed by atoms with E-state index in [0.29, 0.717) is 18.2 Å². The van der Waals surface area contributed by atoms with Gasteiger partial charge in [0.05, 0.1) is 12.4 Å². The van der Waals surface area contributed by atoms with Crippen molar-refractivity contribution >= 4 is 22.8 Å². The number of hydrogen-bond donors (Lipinski definition) is 0. The topological polar surface area (TPSA) is 69.6 Å². The molecule has 3 aromatic rings. The number of nitrogens with zero attached hydrogens (tertiary/aromatic N) is 5. The van der Waals surface area contributed by atoms with Crippen LogP contribution in [-0.2, 0) is 12.4 Å². The van der Waals surface area contributed by atoms with Crippen LogP contribution in [0.25, 0.3) is 11.2 Å². The Balaban J connectivity index is 2.12. The van der Waals surface area contributed by atoms with Gasteiger partial charge >= 0.3 is 0 Å². The van der Waals surface area contributed by atoms with Gasteiger partial charge in [-0.3, -0.25) is 0 Å². The van der Waals surface area contributed by atoms with Crippen LogP contribution in [0, 0.1) is 0 Å². The molecular weight excluding hydrogens is 242 g/mol. The van der Waals surface area contributed by atoms with Crippen molar-refractivity contribution in [1.29, 1.82) is 0 Å². The van der Waals surface area contributed by atoms with Crippen LogP contribution in [0.4, 0.5) is 0 Å². The van der Waals surface area contributed by atoms with Gasteiger partial charge in [0.1, 0.15) is 11.3 Å². The number of aromatic nitrogens is 5. The fraction of sp³-hybridized carbons (Fsp3) is 0.200. The third-order valence-corrected chi connectivity index (χ3v) is 2.65. The lowest BCUT2D eigenvalue weighted by Crippen LogP contribution is -2.05. The minimum Gasteiger partial charge on any atom is -0.343 e. The Hall–Kier alpha value is -1.95. The SMILES string of the molecule is ClCc1nc2cccnc2n1Cc1ncon1. The first kappa shape index (κ1) is 10.2. The van der Waals surface area contributed by atoms with Gasteiger partial charge in [-0.15, -0.1) is 11.6 Å². The van der Waals surface area contributed by atoms with Crippen molar-refractivity contribution in [2.75, 3.05) is 0 Å². The summed E-state index contributed by atoms with van der Waals surface area (Å²) in [7, 11) is 0. The maximum atomic E-state index is 5.87. The van der Waals surface area contributed by atoms with Crippen LogP contribution in [0.3, 0.4) is 0 Å². The normalized spacial score (nSPS) is 11.1. The predicted octanol–water partition coefficient (Wildman–Crippen LogP) is 1.60. The smallest absolute Gasteiger partial charge is 0.213 e. The first-order chi connectivity index (χ1) is 8.38. The van der Waals surface area contributed by atoms with Crippen molar-refractivity contribution in [3.05, 3.63) is 36.4 Å². The summed E-state index contributed by atoms with van der Waals surface area (Å²) in [5, 5.41) is 3.77. The van der Waals surface area contributed by atoms with Gasteiger partial charge < -0.3 is 9.09 Å². The van der Waals surface area contributed by atoms with E-state index in [2.05, 4.69) is 20.1 Å². The quantitative estimate of drug-likeness (QED) is 0.660. The second-order valence-electron chi connectivity index (χ2n) is 3.44.